The normalized spacial score (nSPS) is 19.6. The van der Waals surface area contributed by atoms with Crippen LogP contribution in [0.25, 0.3) is 0 Å². The smallest absolute Gasteiger partial charge is 0.256 e. The van der Waals surface area contributed by atoms with E-state index in [2.05, 4.69) is 0 Å². The van der Waals surface area contributed by atoms with Gasteiger partial charge in [0.15, 0.2) is 0 Å². The monoisotopic (exact) mass is 346 g/mol. The first-order valence-corrected chi connectivity index (χ1v) is 9.47. The minimum Gasteiger partial charge on any atom is -0.341 e. The van der Waals surface area contributed by atoms with Crippen molar-refractivity contribution in [2.24, 2.45) is 5.92 Å². The lowest BCUT2D eigenvalue weighted by atomic mass is 9.86. The van der Waals surface area contributed by atoms with Gasteiger partial charge in [-0.25, -0.2) is 4.39 Å². The first-order chi connectivity index (χ1) is 12.1. The van der Waals surface area contributed by atoms with Crippen LogP contribution >= 0.6 is 0 Å². The molecule has 1 saturated heterocycles. The van der Waals surface area contributed by atoms with Crippen molar-refractivity contribution < 1.29 is 14.0 Å². The van der Waals surface area contributed by atoms with Crippen molar-refractivity contribution in [2.75, 3.05) is 26.2 Å². The molecule has 5 heteroatoms. The summed E-state index contributed by atoms with van der Waals surface area (Å²) < 4.78 is 13.8. The molecule has 0 spiro atoms. The fraction of sp³-hybridized carbons (Fsp3) is 0.600. The summed E-state index contributed by atoms with van der Waals surface area (Å²) in [4.78, 5) is 28.7. The highest BCUT2D eigenvalue weighted by Gasteiger charge is 2.26. The third-order valence-corrected chi connectivity index (χ3v) is 5.43. The van der Waals surface area contributed by atoms with E-state index in [-0.39, 0.29) is 17.4 Å². The second-order valence-electron chi connectivity index (χ2n) is 7.21. The quantitative estimate of drug-likeness (QED) is 0.841. The number of amides is 2. The van der Waals surface area contributed by atoms with Crippen LogP contribution in [0.15, 0.2) is 24.3 Å². The molecule has 1 aliphatic carbocycles. The lowest BCUT2D eigenvalue weighted by Gasteiger charge is -2.26. The van der Waals surface area contributed by atoms with Crippen molar-refractivity contribution in [3.63, 3.8) is 0 Å². The fourth-order valence-corrected chi connectivity index (χ4v) is 3.94. The Kier molecular flexibility index (Phi) is 6.05. The molecule has 0 unspecified atom stereocenters. The van der Waals surface area contributed by atoms with Gasteiger partial charge in [0, 0.05) is 32.6 Å². The first kappa shape index (κ1) is 17.9. The van der Waals surface area contributed by atoms with Crippen LogP contribution in [-0.2, 0) is 4.79 Å². The van der Waals surface area contributed by atoms with Crippen molar-refractivity contribution in [3.05, 3.63) is 35.6 Å². The number of nitrogens with zero attached hydrogens (tertiary/aromatic N) is 2. The Balaban J connectivity index is 1.55. The summed E-state index contributed by atoms with van der Waals surface area (Å²) in [5.74, 6) is -0.0191. The van der Waals surface area contributed by atoms with E-state index in [1.165, 1.54) is 31.4 Å². The number of carbonyl (C=O) groups excluding carboxylic acids is 2. The van der Waals surface area contributed by atoms with Crippen LogP contribution in [0.2, 0.25) is 0 Å². The number of carbonyl (C=O) groups is 2. The van der Waals surface area contributed by atoms with Gasteiger partial charge in [-0.15, -0.1) is 0 Å². The molecule has 4 nitrogen and oxygen atoms in total. The second-order valence-corrected chi connectivity index (χ2v) is 7.21. The lowest BCUT2D eigenvalue weighted by Crippen LogP contribution is -2.38. The summed E-state index contributed by atoms with van der Waals surface area (Å²) in [5.41, 5.74) is 0.115. The van der Waals surface area contributed by atoms with Crippen LogP contribution in [0.1, 0.15) is 55.3 Å². The molecule has 0 N–H and O–H groups in total. The van der Waals surface area contributed by atoms with E-state index in [9.17, 15) is 14.0 Å². The molecule has 0 radical (unpaired) electrons. The van der Waals surface area contributed by atoms with E-state index in [0.717, 1.165) is 19.3 Å². The van der Waals surface area contributed by atoms with Crippen LogP contribution in [-0.4, -0.2) is 47.8 Å². The Labute approximate surface area is 149 Å². The van der Waals surface area contributed by atoms with Crippen LogP contribution < -0.4 is 0 Å². The van der Waals surface area contributed by atoms with Gasteiger partial charge in [-0.2, -0.15) is 0 Å². The van der Waals surface area contributed by atoms with Gasteiger partial charge in [0.05, 0.1) is 5.56 Å². The highest BCUT2D eigenvalue weighted by molar-refractivity contribution is 5.94. The van der Waals surface area contributed by atoms with E-state index in [1.807, 2.05) is 4.90 Å². The maximum absolute atomic E-state index is 13.8. The maximum Gasteiger partial charge on any atom is 0.256 e. The standard InChI is InChI=1S/C20H27FN2O2/c21-18-10-5-4-9-17(18)20(25)23-12-6-11-22(13-14-23)19(24)15-16-7-2-1-3-8-16/h4-5,9-10,16H,1-3,6-8,11-15H2. The Hall–Kier alpha value is -1.91. The number of hydrogen-bond donors (Lipinski definition) is 0. The topological polar surface area (TPSA) is 40.6 Å². The first-order valence-electron chi connectivity index (χ1n) is 9.47. The van der Waals surface area contributed by atoms with E-state index in [4.69, 9.17) is 0 Å². The van der Waals surface area contributed by atoms with Crippen molar-refractivity contribution in [1.29, 1.82) is 0 Å². The van der Waals surface area contributed by atoms with E-state index in [0.29, 0.717) is 38.5 Å². The fourth-order valence-electron chi connectivity index (χ4n) is 3.94. The molecule has 3 rings (SSSR count). The van der Waals surface area contributed by atoms with Crippen LogP contribution in [0, 0.1) is 11.7 Å². The summed E-state index contributed by atoms with van der Waals surface area (Å²) in [6.45, 7) is 2.28. The van der Waals surface area contributed by atoms with Gasteiger partial charge < -0.3 is 9.80 Å². The van der Waals surface area contributed by atoms with Gasteiger partial charge in [-0.1, -0.05) is 31.4 Å². The highest BCUT2D eigenvalue weighted by atomic mass is 19.1. The summed E-state index contributed by atoms with van der Waals surface area (Å²) >= 11 is 0. The summed E-state index contributed by atoms with van der Waals surface area (Å²) in [7, 11) is 0. The zero-order valence-corrected chi connectivity index (χ0v) is 14.8. The minimum absolute atomic E-state index is 0.115. The van der Waals surface area contributed by atoms with Gasteiger partial charge in [0.2, 0.25) is 5.91 Å². The SMILES string of the molecule is O=C(CC1CCCCC1)N1CCCN(C(=O)c2ccccc2F)CC1. The lowest BCUT2D eigenvalue weighted by molar-refractivity contribution is -0.132. The van der Waals surface area contributed by atoms with Gasteiger partial charge in [-0.3, -0.25) is 9.59 Å². The van der Waals surface area contributed by atoms with E-state index < -0.39 is 5.82 Å². The summed E-state index contributed by atoms with van der Waals surface area (Å²) in [6.07, 6.45) is 7.49. The Morgan fingerprint density at radius 3 is 2.36 bits per heavy atom. The largest absolute Gasteiger partial charge is 0.341 e. The van der Waals surface area contributed by atoms with Crippen molar-refractivity contribution in [3.8, 4) is 0 Å². The molecule has 1 aromatic rings. The van der Waals surface area contributed by atoms with Gasteiger partial charge in [-0.05, 0) is 37.3 Å². The molecular formula is C20H27FN2O2. The predicted molar refractivity (Wildman–Crippen MR) is 94.7 cm³/mol. The molecule has 136 valence electrons. The minimum atomic E-state index is -0.484. The third-order valence-electron chi connectivity index (χ3n) is 5.43. The van der Waals surface area contributed by atoms with Crippen LogP contribution in [0.4, 0.5) is 4.39 Å². The number of halogens is 1. The van der Waals surface area contributed by atoms with Crippen molar-refractivity contribution in [2.45, 2.75) is 44.9 Å². The molecule has 0 atom stereocenters. The van der Waals surface area contributed by atoms with Crippen molar-refractivity contribution in [1.82, 2.24) is 9.80 Å². The summed E-state index contributed by atoms with van der Waals surface area (Å²) in [5, 5.41) is 0. The molecule has 1 heterocycles. The predicted octanol–water partition coefficient (Wildman–Crippen LogP) is 3.47. The molecule has 2 aliphatic rings. The Bertz CT molecular complexity index is 613. The van der Waals surface area contributed by atoms with E-state index in [1.54, 1.807) is 17.0 Å². The van der Waals surface area contributed by atoms with Crippen molar-refractivity contribution >= 4 is 11.8 Å². The van der Waals surface area contributed by atoms with E-state index >= 15 is 0 Å². The highest BCUT2D eigenvalue weighted by Crippen LogP contribution is 2.27. The van der Waals surface area contributed by atoms with Gasteiger partial charge in [0.25, 0.3) is 5.91 Å². The molecule has 1 saturated carbocycles. The Morgan fingerprint density at radius 1 is 0.920 bits per heavy atom. The van der Waals surface area contributed by atoms with Gasteiger partial charge >= 0.3 is 0 Å². The van der Waals surface area contributed by atoms with Crippen LogP contribution in [0.3, 0.4) is 0 Å². The average molecular weight is 346 g/mol. The summed E-state index contributed by atoms with van der Waals surface area (Å²) in [6, 6.07) is 6.09. The zero-order chi connectivity index (χ0) is 17.6. The molecule has 1 aromatic carbocycles. The number of hydrogen-bond acceptors (Lipinski definition) is 2. The molecule has 25 heavy (non-hydrogen) atoms. The molecular weight excluding hydrogens is 319 g/mol. The Morgan fingerprint density at radius 2 is 1.60 bits per heavy atom. The molecule has 1 aliphatic heterocycles. The van der Waals surface area contributed by atoms with Gasteiger partial charge in [0.1, 0.15) is 5.82 Å². The molecule has 0 bridgehead atoms. The number of rotatable bonds is 3. The second kappa shape index (κ2) is 8.45. The zero-order valence-electron chi connectivity index (χ0n) is 14.8. The third kappa shape index (κ3) is 4.59. The number of benzene rings is 1. The maximum atomic E-state index is 13.8. The molecule has 2 amide bonds. The van der Waals surface area contributed by atoms with Crippen LogP contribution in [0.5, 0.6) is 0 Å². The molecule has 0 aromatic heterocycles. The average Bonchev–Trinajstić information content (AvgIpc) is 2.89. The molecule has 2 fully saturated rings.